The molecule has 0 aliphatic rings. The number of methoxy groups -OCH3 is 1. The summed E-state index contributed by atoms with van der Waals surface area (Å²) in [6.07, 6.45) is 5.15. The molecule has 2 aromatic carbocycles. The molecular weight excluding hydrogens is 573 g/mol. The maximum Gasteiger partial charge on any atom is 0.181 e. The lowest BCUT2D eigenvalue weighted by atomic mass is 10.2. The minimum Gasteiger partial charge on any atom is -0.497 e. The van der Waals surface area contributed by atoms with Crippen molar-refractivity contribution < 1.29 is 19.1 Å². The molecule has 0 bridgehead atoms. The topological polar surface area (TPSA) is 111 Å². The smallest absolute Gasteiger partial charge is 0.181 e. The first-order chi connectivity index (χ1) is 19.9. The largest absolute Gasteiger partial charge is 0.497 e. The third kappa shape index (κ3) is 11.3. The Labute approximate surface area is 257 Å². The SMILES string of the molecule is CNNC(=S)NCc1ccc(OC)cc1.Cc1nn(CCONS(C)(C)C(C)(C)C)c(C=O)c1OCc1ccccc1. The molecule has 12 heteroatoms. The molecule has 3 aromatic rings. The first-order valence-electron chi connectivity index (χ1n) is 13.6. The van der Waals surface area contributed by atoms with Gasteiger partial charge >= 0.3 is 0 Å². The molecule has 0 saturated heterocycles. The van der Waals surface area contributed by atoms with Crippen LogP contribution in [0, 0.1) is 6.92 Å². The van der Waals surface area contributed by atoms with Crippen molar-refractivity contribution in [1.29, 1.82) is 0 Å². The summed E-state index contributed by atoms with van der Waals surface area (Å²) in [7, 11) is 2.31. The predicted molar refractivity (Wildman–Crippen MR) is 176 cm³/mol. The standard InChI is InChI=1S/C20H31N3O3S.C10H15N3OS/c1-16-19(25-15-17-10-8-7-9-11-17)18(14-24)23(21-16)12-13-26-22-27(5,6)20(2,3)4;1-11-13-10(15)12-7-8-3-5-9(14-2)6-4-8/h7-11,14,22H,12-13,15H2,1-6H3;3-6,11H,7H2,1-2H3,(H2,12,13,15). The highest BCUT2D eigenvalue weighted by molar-refractivity contribution is 8.32. The highest BCUT2D eigenvalue weighted by Crippen LogP contribution is 2.48. The number of rotatable bonds is 13. The van der Waals surface area contributed by atoms with Gasteiger partial charge in [-0.3, -0.25) is 19.7 Å². The molecule has 1 heterocycles. The van der Waals surface area contributed by atoms with Crippen LogP contribution in [0.5, 0.6) is 11.5 Å². The maximum absolute atomic E-state index is 11.6. The van der Waals surface area contributed by atoms with Crippen LogP contribution in [0.4, 0.5) is 0 Å². The summed E-state index contributed by atoms with van der Waals surface area (Å²) < 4.78 is 12.7. The molecule has 0 aliphatic carbocycles. The third-order valence-corrected chi connectivity index (χ3v) is 10.3. The molecule has 0 radical (unpaired) electrons. The lowest BCUT2D eigenvalue weighted by molar-refractivity contribution is 0.0867. The molecule has 10 nitrogen and oxygen atoms in total. The van der Waals surface area contributed by atoms with E-state index in [2.05, 4.69) is 59.4 Å². The molecule has 1 aromatic heterocycles. The number of carbonyl (C=O) groups is 1. The number of hydrogen-bond acceptors (Lipinski definition) is 8. The first-order valence-corrected chi connectivity index (χ1v) is 16.4. The Morgan fingerprint density at radius 2 is 1.74 bits per heavy atom. The third-order valence-electron chi connectivity index (χ3n) is 6.50. The number of nitrogens with one attached hydrogen (secondary N) is 4. The lowest BCUT2D eigenvalue weighted by Crippen LogP contribution is -2.41. The van der Waals surface area contributed by atoms with Crippen molar-refractivity contribution in [2.24, 2.45) is 0 Å². The van der Waals surface area contributed by atoms with Crippen LogP contribution in [0.25, 0.3) is 0 Å². The van der Waals surface area contributed by atoms with Crippen LogP contribution >= 0.6 is 22.4 Å². The summed E-state index contributed by atoms with van der Waals surface area (Å²) in [6.45, 7) is 10.4. The number of aryl methyl sites for hydroxylation is 1. The van der Waals surface area contributed by atoms with Crippen LogP contribution < -0.4 is 30.5 Å². The van der Waals surface area contributed by atoms with Gasteiger partial charge in [-0.2, -0.15) is 20.2 Å². The molecule has 0 amide bonds. The van der Waals surface area contributed by atoms with E-state index < -0.39 is 10.2 Å². The Kier molecular flexibility index (Phi) is 14.2. The number of hydrogen-bond donors (Lipinski definition) is 4. The number of aromatic nitrogens is 2. The highest BCUT2D eigenvalue weighted by atomic mass is 32.3. The number of hydrazine groups is 1. The fraction of sp³-hybridized carbons (Fsp3) is 0.433. The number of nitrogens with zero attached hydrogens (tertiary/aromatic N) is 2. The van der Waals surface area contributed by atoms with Gasteiger partial charge in [0.1, 0.15) is 23.7 Å². The quantitative estimate of drug-likeness (QED) is 0.0933. The van der Waals surface area contributed by atoms with Crippen LogP contribution in [0.2, 0.25) is 0 Å². The van der Waals surface area contributed by atoms with Crippen molar-refractivity contribution in [3.05, 3.63) is 77.1 Å². The van der Waals surface area contributed by atoms with Crippen molar-refractivity contribution in [1.82, 2.24) is 30.8 Å². The summed E-state index contributed by atoms with van der Waals surface area (Å²) in [6, 6.07) is 17.7. The minimum atomic E-state index is -1.11. The zero-order chi connectivity index (χ0) is 31.2. The van der Waals surface area contributed by atoms with E-state index in [0.29, 0.717) is 48.6 Å². The normalized spacial score (nSPS) is 11.6. The van der Waals surface area contributed by atoms with Crippen LogP contribution in [-0.4, -0.2) is 59.2 Å². The van der Waals surface area contributed by atoms with Crippen LogP contribution in [0.1, 0.15) is 48.1 Å². The number of ether oxygens (including phenoxy) is 2. The summed E-state index contributed by atoms with van der Waals surface area (Å²) in [5.41, 5.74) is 8.86. The van der Waals surface area contributed by atoms with E-state index >= 15 is 0 Å². The summed E-state index contributed by atoms with van der Waals surface area (Å²) in [5.74, 6) is 1.39. The number of aldehydes is 1. The second kappa shape index (κ2) is 17.1. The van der Waals surface area contributed by atoms with Gasteiger partial charge in [0.05, 0.1) is 20.3 Å². The van der Waals surface area contributed by atoms with E-state index in [-0.39, 0.29) is 4.75 Å². The Morgan fingerprint density at radius 3 is 2.31 bits per heavy atom. The highest BCUT2D eigenvalue weighted by Gasteiger charge is 2.28. The molecule has 232 valence electrons. The van der Waals surface area contributed by atoms with E-state index in [1.807, 2.05) is 61.5 Å². The van der Waals surface area contributed by atoms with Crippen molar-refractivity contribution in [2.45, 2.75) is 52.1 Å². The molecule has 0 fully saturated rings. The van der Waals surface area contributed by atoms with Crippen molar-refractivity contribution in [3.63, 3.8) is 0 Å². The van der Waals surface area contributed by atoms with Gasteiger partial charge in [0, 0.05) is 18.3 Å². The molecule has 0 atom stereocenters. The van der Waals surface area contributed by atoms with Gasteiger partial charge in [-0.05, 0) is 54.9 Å². The molecule has 3 rings (SSSR count). The summed E-state index contributed by atoms with van der Waals surface area (Å²) >= 11 is 4.99. The van der Waals surface area contributed by atoms with E-state index in [0.717, 1.165) is 23.2 Å². The molecule has 0 saturated carbocycles. The predicted octanol–water partition coefficient (Wildman–Crippen LogP) is 4.68. The van der Waals surface area contributed by atoms with Gasteiger partial charge in [-0.15, -0.1) is 0 Å². The van der Waals surface area contributed by atoms with Crippen molar-refractivity contribution >= 4 is 33.8 Å². The Hall–Kier alpha value is -3.16. The van der Waals surface area contributed by atoms with Crippen molar-refractivity contribution in [3.8, 4) is 11.5 Å². The van der Waals surface area contributed by atoms with Gasteiger partial charge in [0.2, 0.25) is 0 Å². The summed E-state index contributed by atoms with van der Waals surface area (Å²) in [5, 5.41) is 8.07. The van der Waals surface area contributed by atoms with E-state index in [1.54, 1.807) is 18.8 Å². The van der Waals surface area contributed by atoms with Gasteiger partial charge in [0.15, 0.2) is 17.1 Å². The summed E-state index contributed by atoms with van der Waals surface area (Å²) in [4.78, 5) is 20.5. The van der Waals surface area contributed by atoms with Gasteiger partial charge in [0.25, 0.3) is 0 Å². The Balaban J connectivity index is 0.000000347. The fourth-order valence-corrected chi connectivity index (χ4v) is 4.11. The number of benzene rings is 2. The van der Waals surface area contributed by atoms with Gasteiger partial charge in [-0.25, -0.2) is 5.43 Å². The average Bonchev–Trinajstić information content (AvgIpc) is 3.27. The lowest BCUT2D eigenvalue weighted by Gasteiger charge is -2.44. The average molecular weight is 619 g/mol. The monoisotopic (exact) mass is 618 g/mol. The second-order valence-corrected chi connectivity index (χ2v) is 15.1. The molecular formula is C30H46N6O4S2. The van der Waals surface area contributed by atoms with Crippen LogP contribution in [0.3, 0.4) is 0 Å². The zero-order valence-corrected chi connectivity index (χ0v) is 27.6. The van der Waals surface area contributed by atoms with Gasteiger partial charge < -0.3 is 14.8 Å². The van der Waals surface area contributed by atoms with Crippen molar-refractivity contribution in [2.75, 3.05) is 33.3 Å². The number of carbonyl (C=O) groups excluding carboxylic acids is 1. The van der Waals surface area contributed by atoms with Gasteiger partial charge in [-0.1, -0.05) is 63.2 Å². The Bertz CT molecular complexity index is 1250. The molecule has 0 spiro atoms. The van der Waals surface area contributed by atoms with E-state index in [9.17, 15) is 4.79 Å². The number of thiocarbonyl (C=S) groups is 1. The van der Waals surface area contributed by atoms with Crippen LogP contribution in [0.15, 0.2) is 54.6 Å². The fourth-order valence-electron chi connectivity index (χ4n) is 3.31. The van der Waals surface area contributed by atoms with E-state index in [4.69, 9.17) is 26.5 Å². The van der Waals surface area contributed by atoms with Crippen LogP contribution in [-0.2, 0) is 24.5 Å². The molecule has 42 heavy (non-hydrogen) atoms. The zero-order valence-electron chi connectivity index (χ0n) is 25.9. The maximum atomic E-state index is 11.6. The Morgan fingerprint density at radius 1 is 1.07 bits per heavy atom. The molecule has 0 unspecified atom stereocenters. The second-order valence-electron chi connectivity index (χ2n) is 10.7. The molecule has 0 aliphatic heterocycles. The minimum absolute atomic E-state index is 0.127. The molecule has 4 N–H and O–H groups in total. The van der Waals surface area contributed by atoms with E-state index in [1.165, 1.54) is 0 Å². The first kappa shape index (κ1) is 35.0.